The summed E-state index contributed by atoms with van der Waals surface area (Å²) < 4.78 is 11.4. The van der Waals surface area contributed by atoms with Gasteiger partial charge in [0.2, 0.25) is 0 Å². The average molecular weight is 727 g/mol. The Bertz CT molecular complexity index is 3370. The molecule has 0 unspecified atom stereocenters. The maximum absolute atomic E-state index is 6.58. The Kier molecular flexibility index (Phi) is 6.93. The number of fused-ring (bicyclic) bond motifs is 11. The fourth-order valence-electron chi connectivity index (χ4n) is 9.10. The van der Waals surface area contributed by atoms with Crippen molar-refractivity contribution in [3.8, 4) is 67.4 Å². The van der Waals surface area contributed by atoms with E-state index in [2.05, 4.69) is 209 Å². The van der Waals surface area contributed by atoms with Crippen LogP contribution < -0.4 is 4.74 Å². The molecule has 0 amide bonds. The smallest absolute Gasteiger partial charge is 0.135 e. The molecule has 0 saturated heterocycles. The van der Waals surface area contributed by atoms with E-state index in [9.17, 15) is 0 Å². The highest BCUT2D eigenvalue weighted by Gasteiger charge is 2.22. The highest BCUT2D eigenvalue weighted by Crippen LogP contribution is 2.48. The monoisotopic (exact) mass is 726 g/mol. The van der Waals surface area contributed by atoms with Gasteiger partial charge in [0.1, 0.15) is 11.5 Å². The lowest BCUT2D eigenvalue weighted by Crippen LogP contribution is -1.93. The maximum Gasteiger partial charge on any atom is 0.135 e. The Balaban J connectivity index is 1.04. The summed E-state index contributed by atoms with van der Waals surface area (Å²) in [5.41, 5.74) is 16.3. The van der Waals surface area contributed by atoms with Crippen LogP contribution >= 0.6 is 0 Å². The van der Waals surface area contributed by atoms with E-state index in [4.69, 9.17) is 4.74 Å². The molecule has 0 bridgehead atoms. The van der Waals surface area contributed by atoms with E-state index in [1.54, 1.807) is 0 Å². The van der Waals surface area contributed by atoms with Gasteiger partial charge in [-0.3, -0.25) is 0 Å². The van der Waals surface area contributed by atoms with Gasteiger partial charge < -0.3 is 13.9 Å². The number of para-hydroxylation sites is 4. The second kappa shape index (κ2) is 12.5. The minimum absolute atomic E-state index is 0.867. The van der Waals surface area contributed by atoms with E-state index in [1.807, 2.05) is 6.07 Å². The van der Waals surface area contributed by atoms with E-state index < -0.39 is 0 Å². The van der Waals surface area contributed by atoms with Gasteiger partial charge in [-0.15, -0.1) is 0 Å². The van der Waals surface area contributed by atoms with Gasteiger partial charge in [0.25, 0.3) is 0 Å². The fraction of sp³-hybridized carbons (Fsp3) is 0. The normalized spacial score (nSPS) is 12.0. The SMILES string of the molecule is c1ccc(-n2c3ccccc3c3cc(-c4ccc5c(c4)c4cc(-c6ccc7c(c6)-c6ccccc6-c6ccccc6O7)ccc4n5-c4ccccc4)ccc32)cc1. The number of hydrogen-bond donors (Lipinski definition) is 0. The number of nitrogens with zero attached hydrogens (tertiary/aromatic N) is 2. The lowest BCUT2D eigenvalue weighted by molar-refractivity contribution is 0.488. The molecular weight excluding hydrogens is 693 g/mol. The predicted octanol–water partition coefficient (Wildman–Crippen LogP) is 14.7. The molecular formula is C54H34N2O. The van der Waals surface area contributed by atoms with Crippen molar-refractivity contribution in [2.45, 2.75) is 0 Å². The van der Waals surface area contributed by atoms with Crippen molar-refractivity contribution in [2.24, 2.45) is 0 Å². The van der Waals surface area contributed by atoms with Crippen LogP contribution in [0.25, 0.3) is 99.5 Å². The van der Waals surface area contributed by atoms with E-state index in [0.29, 0.717) is 0 Å². The molecule has 57 heavy (non-hydrogen) atoms. The highest BCUT2D eigenvalue weighted by molar-refractivity contribution is 6.13. The standard InChI is InChI=1S/C54H34N2O/c1-3-13-39(14-4-1)55-49-21-11-9-19-43(49)45-31-35(23-27-50(45)55)36-24-28-51-46(32-36)47-33-37(25-29-52(47)56(51)40-15-5-2-6-16-40)38-26-30-54-48(34-38)42-18-8-7-17-41(42)44-20-10-12-22-53(44)57-54/h1-34H. The van der Waals surface area contributed by atoms with Crippen LogP contribution in [0.15, 0.2) is 206 Å². The first-order chi connectivity index (χ1) is 28.3. The summed E-state index contributed by atoms with van der Waals surface area (Å²) in [4.78, 5) is 0. The van der Waals surface area contributed by atoms with Gasteiger partial charge in [-0.05, 0) is 118 Å². The summed E-state index contributed by atoms with van der Waals surface area (Å²) in [6, 6.07) is 74.5. The van der Waals surface area contributed by atoms with E-state index in [-0.39, 0.29) is 0 Å². The van der Waals surface area contributed by atoms with E-state index >= 15 is 0 Å². The molecule has 0 atom stereocenters. The summed E-state index contributed by atoms with van der Waals surface area (Å²) in [5.74, 6) is 1.75. The topological polar surface area (TPSA) is 19.1 Å². The molecule has 0 radical (unpaired) electrons. The first kappa shape index (κ1) is 31.7. The van der Waals surface area contributed by atoms with Crippen molar-refractivity contribution in [2.75, 3.05) is 0 Å². The molecule has 0 fully saturated rings. The van der Waals surface area contributed by atoms with Crippen molar-refractivity contribution in [3.63, 3.8) is 0 Å². The summed E-state index contributed by atoms with van der Waals surface area (Å²) in [7, 11) is 0. The minimum Gasteiger partial charge on any atom is -0.456 e. The fourth-order valence-corrected chi connectivity index (χ4v) is 9.10. The van der Waals surface area contributed by atoms with Crippen LogP contribution in [0.5, 0.6) is 11.5 Å². The molecule has 3 heteroatoms. The van der Waals surface area contributed by atoms with Gasteiger partial charge in [-0.25, -0.2) is 0 Å². The minimum atomic E-state index is 0.867. The molecule has 0 saturated carbocycles. The van der Waals surface area contributed by atoms with Gasteiger partial charge in [-0.2, -0.15) is 0 Å². The summed E-state index contributed by atoms with van der Waals surface area (Å²) in [5, 5.41) is 4.94. The zero-order valence-electron chi connectivity index (χ0n) is 30.9. The van der Waals surface area contributed by atoms with Crippen molar-refractivity contribution < 1.29 is 4.74 Å². The Labute approximate surface area is 329 Å². The summed E-state index contributed by atoms with van der Waals surface area (Å²) in [6.45, 7) is 0. The number of aromatic nitrogens is 2. The summed E-state index contributed by atoms with van der Waals surface area (Å²) in [6.07, 6.45) is 0. The molecule has 0 aliphatic carbocycles. The molecule has 1 aliphatic heterocycles. The molecule has 11 aromatic rings. The molecule has 3 heterocycles. The van der Waals surface area contributed by atoms with E-state index in [1.165, 1.54) is 71.6 Å². The Hall–Kier alpha value is -7.62. The zero-order valence-corrected chi connectivity index (χ0v) is 30.9. The number of benzene rings is 9. The van der Waals surface area contributed by atoms with Crippen LogP contribution in [-0.2, 0) is 0 Å². The van der Waals surface area contributed by atoms with Crippen LogP contribution in [0, 0.1) is 0 Å². The quantitative estimate of drug-likeness (QED) is 0.177. The Morgan fingerprint density at radius 1 is 0.263 bits per heavy atom. The van der Waals surface area contributed by atoms with Crippen molar-refractivity contribution in [1.82, 2.24) is 9.13 Å². The lowest BCUT2D eigenvalue weighted by Gasteiger charge is -2.12. The largest absolute Gasteiger partial charge is 0.456 e. The van der Waals surface area contributed by atoms with Crippen LogP contribution in [0.3, 0.4) is 0 Å². The third kappa shape index (κ3) is 4.92. The van der Waals surface area contributed by atoms with Gasteiger partial charge >= 0.3 is 0 Å². The van der Waals surface area contributed by atoms with Crippen LogP contribution in [-0.4, -0.2) is 9.13 Å². The molecule has 12 rings (SSSR count). The van der Waals surface area contributed by atoms with Crippen molar-refractivity contribution in [1.29, 1.82) is 0 Å². The highest BCUT2D eigenvalue weighted by atomic mass is 16.5. The van der Waals surface area contributed by atoms with Crippen LogP contribution in [0.1, 0.15) is 0 Å². The van der Waals surface area contributed by atoms with Crippen molar-refractivity contribution in [3.05, 3.63) is 206 Å². The molecule has 266 valence electrons. The first-order valence-corrected chi connectivity index (χ1v) is 19.5. The lowest BCUT2D eigenvalue weighted by atomic mass is 9.92. The zero-order chi connectivity index (χ0) is 37.5. The molecule has 1 aliphatic rings. The van der Waals surface area contributed by atoms with Crippen molar-refractivity contribution >= 4 is 43.6 Å². The second-order valence-corrected chi connectivity index (χ2v) is 14.9. The second-order valence-electron chi connectivity index (χ2n) is 14.9. The first-order valence-electron chi connectivity index (χ1n) is 19.5. The van der Waals surface area contributed by atoms with Crippen LogP contribution in [0.2, 0.25) is 0 Å². The number of ether oxygens (including phenoxy) is 1. The van der Waals surface area contributed by atoms with E-state index in [0.717, 1.165) is 39.4 Å². The van der Waals surface area contributed by atoms with Gasteiger partial charge in [0.15, 0.2) is 0 Å². The average Bonchev–Trinajstić information content (AvgIpc) is 3.74. The molecule has 3 nitrogen and oxygen atoms in total. The molecule has 2 aromatic heterocycles. The van der Waals surface area contributed by atoms with Gasteiger partial charge in [0, 0.05) is 44.0 Å². The van der Waals surface area contributed by atoms with Crippen LogP contribution in [0.4, 0.5) is 0 Å². The Morgan fingerprint density at radius 2 is 0.667 bits per heavy atom. The van der Waals surface area contributed by atoms with Gasteiger partial charge in [-0.1, -0.05) is 121 Å². The van der Waals surface area contributed by atoms with Gasteiger partial charge in [0.05, 0.1) is 22.1 Å². The maximum atomic E-state index is 6.58. The summed E-state index contributed by atoms with van der Waals surface area (Å²) >= 11 is 0. The number of hydrogen-bond acceptors (Lipinski definition) is 1. The third-order valence-electron chi connectivity index (χ3n) is 11.7. The molecule has 0 N–H and O–H groups in total. The molecule has 9 aromatic carbocycles. The third-order valence-corrected chi connectivity index (χ3v) is 11.7. The number of rotatable bonds is 4. The molecule has 0 spiro atoms. The Morgan fingerprint density at radius 3 is 1.26 bits per heavy atom. The predicted molar refractivity (Wildman–Crippen MR) is 237 cm³/mol.